The molecule has 0 radical (unpaired) electrons. The summed E-state index contributed by atoms with van der Waals surface area (Å²) in [5, 5.41) is 1.37. The van der Waals surface area contributed by atoms with Gasteiger partial charge in [0.15, 0.2) is 0 Å². The number of aryl methyl sites for hydroxylation is 2. The maximum atomic E-state index is 2.45. The smallest absolute Gasteiger partial charge is 0.0513 e. The van der Waals surface area contributed by atoms with Crippen molar-refractivity contribution in [3.63, 3.8) is 0 Å². The molecule has 2 aromatic rings. The van der Waals surface area contributed by atoms with Gasteiger partial charge < -0.3 is 9.47 Å². The highest BCUT2D eigenvalue weighted by Gasteiger charge is 2.45. The third-order valence-electron chi connectivity index (χ3n) is 4.69. The molecule has 0 saturated heterocycles. The van der Waals surface area contributed by atoms with Gasteiger partial charge in [0.25, 0.3) is 0 Å². The zero-order valence-electron chi connectivity index (χ0n) is 11.8. The Morgan fingerprint density at radius 1 is 1.17 bits per heavy atom. The maximum Gasteiger partial charge on any atom is 0.0513 e. The molecule has 0 spiro atoms. The standard InChI is InChI=1S/C16H22N2/c1-12-5-6-14-7-10-18(15(14)13(12)2)11-16(8-9-16)17(3)4/h5-7,10H,8-9,11H2,1-4H3. The van der Waals surface area contributed by atoms with Gasteiger partial charge in [0, 0.05) is 18.3 Å². The second kappa shape index (κ2) is 3.86. The Labute approximate surface area is 109 Å². The molecule has 1 heterocycles. The minimum atomic E-state index is 0.405. The SMILES string of the molecule is Cc1ccc2ccn(CC3(N(C)C)CC3)c2c1C. The summed E-state index contributed by atoms with van der Waals surface area (Å²) in [7, 11) is 4.41. The van der Waals surface area contributed by atoms with Gasteiger partial charge in [-0.1, -0.05) is 12.1 Å². The third kappa shape index (κ3) is 1.67. The summed E-state index contributed by atoms with van der Waals surface area (Å²) in [6.07, 6.45) is 4.90. The average molecular weight is 242 g/mol. The van der Waals surface area contributed by atoms with Crippen LogP contribution in [0.1, 0.15) is 24.0 Å². The van der Waals surface area contributed by atoms with E-state index in [2.05, 4.69) is 61.8 Å². The summed E-state index contributed by atoms with van der Waals surface area (Å²) in [6, 6.07) is 6.71. The van der Waals surface area contributed by atoms with Crippen molar-refractivity contribution in [1.82, 2.24) is 9.47 Å². The van der Waals surface area contributed by atoms with Gasteiger partial charge in [-0.25, -0.2) is 0 Å². The van der Waals surface area contributed by atoms with Crippen molar-refractivity contribution >= 4 is 10.9 Å². The van der Waals surface area contributed by atoms with Gasteiger partial charge in [-0.3, -0.25) is 0 Å². The molecule has 0 atom stereocenters. The Morgan fingerprint density at radius 3 is 2.50 bits per heavy atom. The predicted octanol–water partition coefficient (Wildman–Crippen LogP) is 3.35. The molecule has 96 valence electrons. The van der Waals surface area contributed by atoms with Crippen LogP contribution in [0.4, 0.5) is 0 Å². The molecule has 0 unspecified atom stereocenters. The fourth-order valence-corrected chi connectivity index (χ4v) is 2.92. The van der Waals surface area contributed by atoms with Crippen LogP contribution in [0, 0.1) is 13.8 Å². The van der Waals surface area contributed by atoms with E-state index in [1.54, 1.807) is 0 Å². The Balaban J connectivity index is 2.05. The lowest BCUT2D eigenvalue weighted by Crippen LogP contribution is -2.34. The van der Waals surface area contributed by atoms with Crippen LogP contribution in [0.25, 0.3) is 10.9 Å². The van der Waals surface area contributed by atoms with Gasteiger partial charge in [0.1, 0.15) is 0 Å². The topological polar surface area (TPSA) is 8.17 Å². The number of nitrogens with zero attached hydrogens (tertiary/aromatic N) is 2. The highest BCUT2D eigenvalue weighted by Crippen LogP contribution is 2.42. The summed E-state index contributed by atoms with van der Waals surface area (Å²) in [4.78, 5) is 2.39. The zero-order chi connectivity index (χ0) is 12.9. The van der Waals surface area contributed by atoms with Crippen LogP contribution in [0.3, 0.4) is 0 Å². The van der Waals surface area contributed by atoms with Crippen molar-refractivity contribution in [1.29, 1.82) is 0 Å². The molecule has 1 aliphatic rings. The minimum absolute atomic E-state index is 0.405. The van der Waals surface area contributed by atoms with E-state index in [1.165, 1.54) is 34.9 Å². The predicted molar refractivity (Wildman–Crippen MR) is 77.1 cm³/mol. The fraction of sp³-hybridized carbons (Fsp3) is 0.500. The lowest BCUT2D eigenvalue weighted by molar-refractivity contribution is 0.244. The average Bonchev–Trinajstić information content (AvgIpc) is 3.00. The molecule has 2 nitrogen and oxygen atoms in total. The minimum Gasteiger partial charge on any atom is -0.345 e. The first kappa shape index (κ1) is 11.8. The Bertz CT molecular complexity index is 588. The quantitative estimate of drug-likeness (QED) is 0.801. The van der Waals surface area contributed by atoms with Crippen molar-refractivity contribution in [2.24, 2.45) is 0 Å². The van der Waals surface area contributed by atoms with Gasteiger partial charge in [-0.15, -0.1) is 0 Å². The molecule has 2 heteroatoms. The molecular weight excluding hydrogens is 220 g/mol. The molecule has 18 heavy (non-hydrogen) atoms. The lowest BCUT2D eigenvalue weighted by atomic mass is 10.1. The van der Waals surface area contributed by atoms with Gasteiger partial charge in [0.05, 0.1) is 5.52 Å². The molecule has 0 aliphatic heterocycles. The number of rotatable bonds is 3. The number of fused-ring (bicyclic) bond motifs is 1. The summed E-state index contributed by atoms with van der Waals surface area (Å²) in [5.74, 6) is 0. The molecule has 1 aromatic heterocycles. The second-order valence-corrected chi connectivity index (χ2v) is 6.01. The molecule has 1 fully saturated rings. The Kier molecular flexibility index (Phi) is 2.53. The van der Waals surface area contributed by atoms with Crippen LogP contribution in [-0.4, -0.2) is 29.1 Å². The van der Waals surface area contributed by atoms with E-state index in [1.807, 2.05) is 0 Å². The van der Waals surface area contributed by atoms with Crippen LogP contribution in [0.5, 0.6) is 0 Å². The van der Waals surface area contributed by atoms with Crippen molar-refractivity contribution in [3.05, 3.63) is 35.5 Å². The van der Waals surface area contributed by atoms with E-state index in [0.717, 1.165) is 6.54 Å². The molecule has 1 aromatic carbocycles. The van der Waals surface area contributed by atoms with Crippen molar-refractivity contribution in [3.8, 4) is 0 Å². The molecule has 1 saturated carbocycles. The molecular formula is C16H22N2. The molecule has 0 N–H and O–H groups in total. The fourth-order valence-electron chi connectivity index (χ4n) is 2.92. The Hall–Kier alpha value is -1.28. The molecule has 0 bridgehead atoms. The van der Waals surface area contributed by atoms with E-state index < -0.39 is 0 Å². The largest absolute Gasteiger partial charge is 0.345 e. The lowest BCUT2D eigenvalue weighted by Gasteiger charge is -2.25. The number of benzene rings is 1. The monoisotopic (exact) mass is 242 g/mol. The van der Waals surface area contributed by atoms with E-state index in [0.29, 0.717) is 5.54 Å². The van der Waals surface area contributed by atoms with Crippen LogP contribution in [0.2, 0.25) is 0 Å². The first-order valence-corrected chi connectivity index (χ1v) is 6.76. The highest BCUT2D eigenvalue weighted by molar-refractivity contribution is 5.84. The van der Waals surface area contributed by atoms with Crippen LogP contribution >= 0.6 is 0 Å². The molecule has 1 aliphatic carbocycles. The van der Waals surface area contributed by atoms with Gasteiger partial charge in [-0.2, -0.15) is 0 Å². The van der Waals surface area contributed by atoms with E-state index in [9.17, 15) is 0 Å². The van der Waals surface area contributed by atoms with Gasteiger partial charge in [-0.05, 0) is 63.4 Å². The molecule has 3 rings (SSSR count). The zero-order valence-corrected chi connectivity index (χ0v) is 11.8. The maximum absolute atomic E-state index is 2.45. The number of hydrogen-bond donors (Lipinski definition) is 0. The van der Waals surface area contributed by atoms with Crippen LogP contribution in [0.15, 0.2) is 24.4 Å². The highest BCUT2D eigenvalue weighted by atomic mass is 15.2. The van der Waals surface area contributed by atoms with Crippen LogP contribution < -0.4 is 0 Å². The first-order chi connectivity index (χ1) is 8.53. The van der Waals surface area contributed by atoms with E-state index in [4.69, 9.17) is 0 Å². The third-order valence-corrected chi connectivity index (χ3v) is 4.69. The van der Waals surface area contributed by atoms with Gasteiger partial charge in [0.2, 0.25) is 0 Å². The molecule has 0 amide bonds. The summed E-state index contributed by atoms with van der Waals surface area (Å²) >= 11 is 0. The normalized spacial score (nSPS) is 17.6. The number of likely N-dealkylation sites (N-methyl/N-ethyl adjacent to an activating group) is 1. The second-order valence-electron chi connectivity index (χ2n) is 6.01. The van der Waals surface area contributed by atoms with E-state index in [-0.39, 0.29) is 0 Å². The van der Waals surface area contributed by atoms with Crippen molar-refractivity contribution in [2.45, 2.75) is 38.8 Å². The summed E-state index contributed by atoms with van der Waals surface area (Å²) < 4.78 is 2.45. The van der Waals surface area contributed by atoms with Crippen molar-refractivity contribution in [2.75, 3.05) is 14.1 Å². The number of hydrogen-bond acceptors (Lipinski definition) is 1. The van der Waals surface area contributed by atoms with E-state index >= 15 is 0 Å². The van der Waals surface area contributed by atoms with Gasteiger partial charge >= 0.3 is 0 Å². The Morgan fingerprint density at radius 2 is 1.89 bits per heavy atom. The number of aromatic nitrogens is 1. The first-order valence-electron chi connectivity index (χ1n) is 6.76. The van der Waals surface area contributed by atoms with Crippen LogP contribution in [-0.2, 0) is 6.54 Å². The summed E-state index contributed by atoms with van der Waals surface area (Å²) in [6.45, 7) is 5.56. The van der Waals surface area contributed by atoms with Crippen molar-refractivity contribution < 1.29 is 0 Å². The summed E-state index contributed by atoms with van der Waals surface area (Å²) in [5.41, 5.74) is 4.63.